The third kappa shape index (κ3) is 4.16. The number of carbonyl (C=O) groups is 1. The second-order valence-corrected chi connectivity index (χ2v) is 3.91. The van der Waals surface area contributed by atoms with Gasteiger partial charge in [0.15, 0.2) is 0 Å². The van der Waals surface area contributed by atoms with E-state index in [2.05, 4.69) is 13.2 Å². The molecule has 0 aliphatic rings. The molecule has 3 atom stereocenters. The number of hydrogen-bond acceptors (Lipinski definition) is 3. The van der Waals surface area contributed by atoms with Crippen molar-refractivity contribution in [3.05, 3.63) is 25.3 Å². The second kappa shape index (κ2) is 7.19. The first-order chi connectivity index (χ1) is 7.45. The topological polar surface area (TPSA) is 60.8 Å². The van der Waals surface area contributed by atoms with E-state index in [-0.39, 0.29) is 5.92 Å². The first-order valence-corrected chi connectivity index (χ1v) is 5.32. The van der Waals surface area contributed by atoms with E-state index in [9.17, 15) is 15.0 Å². The number of hydrogen-bond donors (Lipinski definition) is 2. The van der Waals surface area contributed by atoms with Crippen LogP contribution in [0.3, 0.4) is 0 Å². The van der Waals surface area contributed by atoms with Crippen LogP contribution in [0.4, 0.5) is 0 Å². The van der Waals surface area contributed by atoms with Crippen molar-refractivity contribution in [1.82, 2.24) is 4.90 Å². The first kappa shape index (κ1) is 14.9. The third-order valence-corrected chi connectivity index (χ3v) is 2.63. The maximum Gasteiger partial charge on any atom is 0.321 e. The molecule has 0 aliphatic carbocycles. The molecule has 0 saturated carbocycles. The molecule has 0 aromatic heterocycles. The highest BCUT2D eigenvalue weighted by atomic mass is 16.4. The summed E-state index contributed by atoms with van der Waals surface area (Å²) in [6.07, 6.45) is 2.63. The number of nitrogens with zero attached hydrogens (tertiary/aromatic N) is 1. The van der Waals surface area contributed by atoms with E-state index in [1.54, 1.807) is 30.9 Å². The number of carboxylic acid groups (broad SMARTS) is 1. The van der Waals surface area contributed by atoms with Gasteiger partial charge in [-0.05, 0) is 6.92 Å². The van der Waals surface area contributed by atoms with E-state index in [4.69, 9.17) is 0 Å². The minimum absolute atomic E-state index is 0.350. The molecule has 0 saturated heterocycles. The van der Waals surface area contributed by atoms with E-state index < -0.39 is 18.1 Å². The summed E-state index contributed by atoms with van der Waals surface area (Å²) in [5.74, 6) is -1.28. The molecular weight excluding hydrogens is 206 g/mol. The van der Waals surface area contributed by atoms with Gasteiger partial charge in [-0.15, -0.1) is 13.2 Å². The van der Waals surface area contributed by atoms with Crippen molar-refractivity contribution in [3.63, 3.8) is 0 Å². The molecule has 0 bridgehead atoms. The Morgan fingerprint density at radius 2 is 1.75 bits per heavy atom. The average Bonchev–Trinajstić information content (AvgIpc) is 2.17. The van der Waals surface area contributed by atoms with Crippen LogP contribution in [0.5, 0.6) is 0 Å². The van der Waals surface area contributed by atoms with Crippen molar-refractivity contribution in [2.75, 3.05) is 13.1 Å². The van der Waals surface area contributed by atoms with Crippen LogP contribution in [0.25, 0.3) is 0 Å². The smallest absolute Gasteiger partial charge is 0.321 e. The molecule has 0 aromatic rings. The molecule has 0 unspecified atom stereocenters. The van der Waals surface area contributed by atoms with E-state index in [0.717, 1.165) is 0 Å². The molecule has 0 aromatic carbocycles. The molecular formula is C12H21NO3. The Bertz CT molecular complexity index is 241. The molecule has 0 fully saturated rings. The predicted octanol–water partition coefficient (Wildman–Crippen LogP) is 1.13. The van der Waals surface area contributed by atoms with Crippen molar-refractivity contribution >= 4 is 5.97 Å². The summed E-state index contributed by atoms with van der Waals surface area (Å²) in [4.78, 5) is 12.9. The van der Waals surface area contributed by atoms with Gasteiger partial charge in [-0.25, -0.2) is 0 Å². The highest BCUT2D eigenvalue weighted by Crippen LogP contribution is 2.15. The van der Waals surface area contributed by atoms with Crippen LogP contribution in [-0.2, 0) is 4.79 Å². The van der Waals surface area contributed by atoms with Crippen molar-refractivity contribution in [2.24, 2.45) is 5.92 Å². The summed E-state index contributed by atoms with van der Waals surface area (Å²) in [6, 6.07) is -0.726. The summed E-state index contributed by atoms with van der Waals surface area (Å²) in [5.41, 5.74) is 0. The molecule has 16 heavy (non-hydrogen) atoms. The summed E-state index contributed by atoms with van der Waals surface area (Å²) in [6.45, 7) is 11.4. The van der Waals surface area contributed by atoms with Gasteiger partial charge in [0.05, 0.1) is 6.10 Å². The molecule has 92 valence electrons. The Morgan fingerprint density at radius 1 is 1.31 bits per heavy atom. The largest absolute Gasteiger partial charge is 0.480 e. The van der Waals surface area contributed by atoms with Gasteiger partial charge in [0.25, 0.3) is 0 Å². The molecule has 0 rings (SSSR count). The van der Waals surface area contributed by atoms with Crippen LogP contribution in [0.1, 0.15) is 13.8 Å². The fraction of sp³-hybridized carbons (Fsp3) is 0.583. The first-order valence-electron chi connectivity index (χ1n) is 5.32. The van der Waals surface area contributed by atoms with Crippen molar-refractivity contribution in [2.45, 2.75) is 26.0 Å². The number of aliphatic carboxylic acids is 1. The van der Waals surface area contributed by atoms with Gasteiger partial charge < -0.3 is 10.2 Å². The van der Waals surface area contributed by atoms with Gasteiger partial charge in [-0.2, -0.15) is 0 Å². The third-order valence-electron chi connectivity index (χ3n) is 2.63. The molecule has 2 N–H and O–H groups in total. The highest BCUT2D eigenvalue weighted by Gasteiger charge is 2.32. The minimum atomic E-state index is -0.933. The summed E-state index contributed by atoms with van der Waals surface area (Å²) in [7, 11) is 0. The molecule has 0 spiro atoms. The Kier molecular flexibility index (Phi) is 6.69. The van der Waals surface area contributed by atoms with Gasteiger partial charge in [0, 0.05) is 19.0 Å². The zero-order valence-corrected chi connectivity index (χ0v) is 9.97. The Morgan fingerprint density at radius 3 is 2.00 bits per heavy atom. The van der Waals surface area contributed by atoms with Crippen LogP contribution in [0, 0.1) is 5.92 Å². The SMILES string of the molecule is C=CCN(CC=C)[C@H](C(=O)O)[C@@H](C)[C@H](C)O. The predicted molar refractivity (Wildman–Crippen MR) is 64.2 cm³/mol. The maximum absolute atomic E-state index is 11.2. The lowest BCUT2D eigenvalue weighted by atomic mass is 9.95. The average molecular weight is 227 g/mol. The Hall–Kier alpha value is -1.13. The van der Waals surface area contributed by atoms with Crippen LogP contribution in [0.2, 0.25) is 0 Å². The fourth-order valence-electron chi connectivity index (χ4n) is 1.61. The van der Waals surface area contributed by atoms with Gasteiger partial charge >= 0.3 is 5.97 Å². The summed E-state index contributed by atoms with van der Waals surface area (Å²) in [5, 5.41) is 18.7. The Balaban J connectivity index is 4.89. The van der Waals surface area contributed by atoms with E-state index in [1.165, 1.54) is 0 Å². The Labute approximate surface area is 96.9 Å². The van der Waals surface area contributed by atoms with Crippen LogP contribution >= 0.6 is 0 Å². The van der Waals surface area contributed by atoms with E-state index >= 15 is 0 Å². The normalized spacial score (nSPS) is 16.5. The number of carboxylic acids is 1. The zero-order chi connectivity index (χ0) is 12.7. The van der Waals surface area contributed by atoms with Crippen LogP contribution < -0.4 is 0 Å². The van der Waals surface area contributed by atoms with Crippen LogP contribution in [0.15, 0.2) is 25.3 Å². The molecule has 0 amide bonds. The monoisotopic (exact) mass is 227 g/mol. The lowest BCUT2D eigenvalue weighted by Gasteiger charge is -2.32. The van der Waals surface area contributed by atoms with E-state index in [0.29, 0.717) is 13.1 Å². The van der Waals surface area contributed by atoms with Crippen molar-refractivity contribution in [3.8, 4) is 0 Å². The molecule has 4 heteroatoms. The number of aliphatic hydroxyl groups is 1. The lowest BCUT2D eigenvalue weighted by molar-refractivity contribution is -0.146. The fourth-order valence-corrected chi connectivity index (χ4v) is 1.61. The second-order valence-electron chi connectivity index (χ2n) is 3.91. The highest BCUT2D eigenvalue weighted by molar-refractivity contribution is 5.74. The minimum Gasteiger partial charge on any atom is -0.480 e. The number of rotatable bonds is 8. The standard InChI is InChI=1S/C12H21NO3/c1-5-7-13(8-6-2)11(12(15)16)9(3)10(4)14/h5-6,9-11,14H,1-2,7-8H2,3-4H3,(H,15,16)/t9-,10-,11-/m0/s1. The van der Waals surface area contributed by atoms with Gasteiger partial charge in [0.1, 0.15) is 6.04 Å². The number of aliphatic hydroxyl groups excluding tert-OH is 1. The molecule has 0 aliphatic heterocycles. The van der Waals surface area contributed by atoms with Crippen molar-refractivity contribution in [1.29, 1.82) is 0 Å². The molecule has 0 heterocycles. The zero-order valence-electron chi connectivity index (χ0n) is 9.97. The van der Waals surface area contributed by atoms with Gasteiger partial charge in [-0.3, -0.25) is 9.69 Å². The lowest BCUT2D eigenvalue weighted by Crippen LogP contribution is -2.48. The molecule has 0 radical (unpaired) electrons. The van der Waals surface area contributed by atoms with Crippen molar-refractivity contribution < 1.29 is 15.0 Å². The van der Waals surface area contributed by atoms with Gasteiger partial charge in [0.2, 0.25) is 0 Å². The summed E-state index contributed by atoms with van der Waals surface area (Å²) < 4.78 is 0. The summed E-state index contributed by atoms with van der Waals surface area (Å²) >= 11 is 0. The maximum atomic E-state index is 11.2. The quantitative estimate of drug-likeness (QED) is 0.610. The van der Waals surface area contributed by atoms with Gasteiger partial charge in [-0.1, -0.05) is 19.1 Å². The van der Waals surface area contributed by atoms with E-state index in [1.807, 2.05) is 0 Å². The van der Waals surface area contributed by atoms with Crippen LogP contribution in [-0.4, -0.2) is 46.3 Å². The molecule has 4 nitrogen and oxygen atoms in total.